The molecule has 2 heterocycles. The van der Waals surface area contributed by atoms with Gasteiger partial charge in [-0.25, -0.2) is 19.3 Å². The Balaban J connectivity index is 1.80. The van der Waals surface area contributed by atoms with Crippen LogP contribution < -0.4 is 10.5 Å². The monoisotopic (exact) mass is 351 g/mol. The van der Waals surface area contributed by atoms with E-state index in [1.54, 1.807) is 12.1 Å². The Bertz CT molecular complexity index is 941. The van der Waals surface area contributed by atoms with Gasteiger partial charge in [0.25, 0.3) is 0 Å². The molecule has 7 heteroatoms. The Morgan fingerprint density at radius 3 is 2.62 bits per heavy atom. The maximum absolute atomic E-state index is 15.4. The number of benzene rings is 1. The van der Waals surface area contributed by atoms with Crippen molar-refractivity contribution in [1.82, 2.24) is 19.9 Å². The summed E-state index contributed by atoms with van der Waals surface area (Å²) < 4.78 is 21.2. The van der Waals surface area contributed by atoms with Crippen LogP contribution in [0.2, 0.25) is 0 Å². The zero-order valence-corrected chi connectivity index (χ0v) is 14.3. The second-order valence-electron chi connectivity index (χ2n) is 6.40. The number of aromatic nitrogens is 4. The first-order valence-electron chi connectivity index (χ1n) is 8.48. The number of ether oxygens (including phenoxy) is 1. The van der Waals surface area contributed by atoms with E-state index in [4.69, 9.17) is 10.5 Å². The molecule has 0 aliphatic heterocycles. The summed E-state index contributed by atoms with van der Waals surface area (Å²) in [5.41, 5.74) is 7.91. The number of nitrogen functional groups attached to an aromatic ring is 1. The van der Waals surface area contributed by atoms with E-state index in [0.717, 1.165) is 30.5 Å². The van der Waals surface area contributed by atoms with Gasteiger partial charge in [0.15, 0.2) is 11.6 Å². The Morgan fingerprint density at radius 1 is 1.12 bits per heavy atom. The van der Waals surface area contributed by atoms with Crippen molar-refractivity contribution >= 4 is 5.82 Å². The second kappa shape index (κ2) is 6.67. The van der Waals surface area contributed by atoms with Crippen molar-refractivity contribution in [2.24, 2.45) is 0 Å². The third kappa shape index (κ3) is 3.08. The van der Waals surface area contributed by atoms with E-state index in [1.807, 2.05) is 13.0 Å². The summed E-state index contributed by atoms with van der Waals surface area (Å²) in [6.45, 7) is 1.83. The molecule has 2 aromatic heterocycles. The summed E-state index contributed by atoms with van der Waals surface area (Å²) in [4.78, 5) is 16.3. The maximum atomic E-state index is 15.4. The van der Waals surface area contributed by atoms with Crippen molar-refractivity contribution in [3.8, 4) is 22.9 Å². The number of hydrogen-bond donors (Lipinski definition) is 1. The molecule has 1 saturated carbocycles. The maximum Gasteiger partial charge on any atom is 0.222 e. The highest BCUT2D eigenvalue weighted by Gasteiger charge is 2.27. The van der Waals surface area contributed by atoms with E-state index in [-0.39, 0.29) is 11.6 Å². The number of anilines is 1. The molecular formula is C19H18FN5O. The van der Waals surface area contributed by atoms with Crippen LogP contribution in [0, 0.1) is 12.7 Å². The molecule has 0 spiro atoms. The van der Waals surface area contributed by atoms with Crippen LogP contribution in [0.3, 0.4) is 0 Å². The third-order valence-corrected chi connectivity index (χ3v) is 4.61. The van der Waals surface area contributed by atoms with Crippen LogP contribution in [0.1, 0.15) is 36.4 Å². The van der Waals surface area contributed by atoms with E-state index in [9.17, 15) is 0 Å². The highest BCUT2D eigenvalue weighted by atomic mass is 19.1. The number of halogens is 1. The smallest absolute Gasteiger partial charge is 0.222 e. The van der Waals surface area contributed by atoms with Crippen molar-refractivity contribution in [2.45, 2.75) is 32.1 Å². The fourth-order valence-corrected chi connectivity index (χ4v) is 2.98. The van der Waals surface area contributed by atoms with Gasteiger partial charge < -0.3 is 10.5 Å². The molecule has 1 aliphatic rings. The van der Waals surface area contributed by atoms with Crippen LogP contribution in [0.15, 0.2) is 36.9 Å². The van der Waals surface area contributed by atoms with Crippen molar-refractivity contribution in [3.05, 3.63) is 54.0 Å². The number of nitrogens with two attached hydrogens (primary N) is 1. The lowest BCUT2D eigenvalue weighted by molar-refractivity contribution is 0.378. The van der Waals surface area contributed by atoms with Gasteiger partial charge in [0, 0.05) is 22.9 Å². The van der Waals surface area contributed by atoms with Gasteiger partial charge in [-0.3, -0.25) is 4.98 Å². The molecule has 1 aliphatic carbocycles. The molecule has 0 atom stereocenters. The zero-order valence-electron chi connectivity index (χ0n) is 14.3. The molecular weight excluding hydrogens is 333 g/mol. The van der Waals surface area contributed by atoms with Crippen LogP contribution in [-0.4, -0.2) is 19.9 Å². The lowest BCUT2D eigenvalue weighted by Crippen LogP contribution is -2.11. The van der Waals surface area contributed by atoms with Crippen LogP contribution >= 0.6 is 0 Å². The van der Waals surface area contributed by atoms with Gasteiger partial charge in [-0.1, -0.05) is 12.5 Å². The van der Waals surface area contributed by atoms with Gasteiger partial charge in [-0.2, -0.15) is 0 Å². The molecule has 2 N–H and O–H groups in total. The predicted octanol–water partition coefficient (Wildman–Crippen LogP) is 4.02. The van der Waals surface area contributed by atoms with Gasteiger partial charge in [0.05, 0.1) is 18.1 Å². The molecule has 4 rings (SSSR count). The summed E-state index contributed by atoms with van der Waals surface area (Å²) in [5, 5.41) is 0. The molecule has 0 saturated heterocycles. The second-order valence-corrected chi connectivity index (χ2v) is 6.40. The van der Waals surface area contributed by atoms with Crippen molar-refractivity contribution in [1.29, 1.82) is 0 Å². The minimum atomic E-state index is -0.468. The third-order valence-electron chi connectivity index (χ3n) is 4.61. The summed E-state index contributed by atoms with van der Waals surface area (Å²) in [7, 11) is 0. The molecule has 1 fully saturated rings. The van der Waals surface area contributed by atoms with Crippen LogP contribution in [-0.2, 0) is 0 Å². The van der Waals surface area contributed by atoms with Crippen molar-refractivity contribution < 1.29 is 9.13 Å². The van der Waals surface area contributed by atoms with Crippen molar-refractivity contribution in [3.63, 3.8) is 0 Å². The quantitative estimate of drug-likeness (QED) is 0.764. The van der Waals surface area contributed by atoms with E-state index < -0.39 is 5.82 Å². The topological polar surface area (TPSA) is 86.8 Å². The first-order valence-corrected chi connectivity index (χ1v) is 8.48. The molecule has 0 unspecified atom stereocenters. The highest BCUT2D eigenvalue weighted by Crippen LogP contribution is 2.44. The zero-order chi connectivity index (χ0) is 18.1. The van der Waals surface area contributed by atoms with E-state index in [1.165, 1.54) is 18.7 Å². The normalized spacial score (nSPS) is 14.1. The minimum Gasteiger partial charge on any atom is -0.436 e. The van der Waals surface area contributed by atoms with Crippen LogP contribution in [0.25, 0.3) is 11.3 Å². The van der Waals surface area contributed by atoms with E-state index in [2.05, 4.69) is 19.9 Å². The average Bonchev–Trinajstić information content (AvgIpc) is 2.58. The predicted molar refractivity (Wildman–Crippen MR) is 95.3 cm³/mol. The number of hydrogen-bond acceptors (Lipinski definition) is 6. The molecule has 1 aromatic carbocycles. The standard InChI is InChI=1S/C19H18FN5O/c1-11-7-17(25-10-24-11)26-19-13(12-3-2-4-12)5-6-14(18(19)20)15-8-23-16(21)9-22-15/h5-10,12H,2-4H2,1H3,(H2,21,23). The highest BCUT2D eigenvalue weighted by molar-refractivity contribution is 5.64. The first kappa shape index (κ1) is 16.4. The molecule has 3 aromatic rings. The number of rotatable bonds is 4. The molecule has 0 amide bonds. The van der Waals surface area contributed by atoms with Crippen molar-refractivity contribution in [2.75, 3.05) is 5.73 Å². The van der Waals surface area contributed by atoms with Gasteiger partial charge in [0.1, 0.15) is 12.1 Å². The molecule has 6 nitrogen and oxygen atoms in total. The number of nitrogens with zero attached hydrogens (tertiary/aromatic N) is 4. The van der Waals surface area contributed by atoms with E-state index in [0.29, 0.717) is 23.1 Å². The minimum absolute atomic E-state index is 0.198. The van der Waals surface area contributed by atoms with Gasteiger partial charge in [-0.15, -0.1) is 0 Å². The first-order chi connectivity index (χ1) is 12.6. The molecule has 132 valence electrons. The summed E-state index contributed by atoms with van der Waals surface area (Å²) >= 11 is 0. The average molecular weight is 351 g/mol. The lowest BCUT2D eigenvalue weighted by atomic mass is 9.79. The Morgan fingerprint density at radius 2 is 1.96 bits per heavy atom. The summed E-state index contributed by atoms with van der Waals surface area (Å²) in [6.07, 6.45) is 7.46. The molecule has 26 heavy (non-hydrogen) atoms. The van der Waals surface area contributed by atoms with Gasteiger partial charge >= 0.3 is 0 Å². The number of aryl methyl sites for hydroxylation is 1. The SMILES string of the molecule is Cc1cc(Oc2c(C3CCC3)ccc(-c3cnc(N)cn3)c2F)ncn1. The summed E-state index contributed by atoms with van der Waals surface area (Å²) in [6, 6.07) is 5.31. The Labute approximate surface area is 150 Å². The summed E-state index contributed by atoms with van der Waals surface area (Å²) in [5.74, 6) is 0.633. The van der Waals surface area contributed by atoms with Crippen LogP contribution in [0.5, 0.6) is 11.6 Å². The van der Waals surface area contributed by atoms with Gasteiger partial charge in [0.2, 0.25) is 5.88 Å². The lowest BCUT2D eigenvalue weighted by Gasteiger charge is -2.28. The fraction of sp³-hybridized carbons (Fsp3) is 0.263. The molecule has 0 radical (unpaired) electrons. The fourth-order valence-electron chi connectivity index (χ4n) is 2.98. The molecule has 0 bridgehead atoms. The Hall–Kier alpha value is -3.09. The largest absolute Gasteiger partial charge is 0.436 e. The Kier molecular flexibility index (Phi) is 4.20. The van der Waals surface area contributed by atoms with E-state index >= 15 is 4.39 Å². The van der Waals surface area contributed by atoms with Crippen LogP contribution in [0.4, 0.5) is 10.2 Å². The van der Waals surface area contributed by atoms with Gasteiger partial charge in [-0.05, 0) is 31.7 Å².